The van der Waals surface area contributed by atoms with E-state index in [2.05, 4.69) is 63.4 Å². The van der Waals surface area contributed by atoms with Gasteiger partial charge in [-0.15, -0.1) is 0 Å². The van der Waals surface area contributed by atoms with Gasteiger partial charge in [-0.25, -0.2) is 0 Å². The topological polar surface area (TPSA) is 46.5 Å². The largest absolute Gasteiger partial charge is 0.497 e. The lowest BCUT2D eigenvalue weighted by Crippen LogP contribution is -2.33. The zero-order chi connectivity index (χ0) is 22.3. The van der Waals surface area contributed by atoms with Gasteiger partial charge in [0.25, 0.3) is 0 Å². The Balaban J connectivity index is 1.36. The fourth-order valence-electron chi connectivity index (χ4n) is 4.83. The first-order valence-electron chi connectivity index (χ1n) is 11.8. The lowest BCUT2D eigenvalue weighted by molar-refractivity contribution is -0.118. The van der Waals surface area contributed by atoms with Crippen LogP contribution in [-0.4, -0.2) is 42.1 Å². The van der Waals surface area contributed by atoms with Crippen molar-refractivity contribution in [3.8, 4) is 5.75 Å². The number of hydrogen-bond donors (Lipinski definition) is 1. The molecule has 0 aliphatic carbocycles. The summed E-state index contributed by atoms with van der Waals surface area (Å²) < 4.78 is 7.86. The number of carbonyl (C=O) groups excluding carboxylic acids is 1. The third kappa shape index (κ3) is 5.71. The van der Waals surface area contributed by atoms with Crippen molar-refractivity contribution in [3.63, 3.8) is 0 Å². The lowest BCUT2D eigenvalue weighted by atomic mass is 9.93. The van der Waals surface area contributed by atoms with Crippen LogP contribution in [0.15, 0.2) is 54.7 Å². The van der Waals surface area contributed by atoms with Crippen LogP contribution in [0.25, 0.3) is 10.9 Å². The summed E-state index contributed by atoms with van der Waals surface area (Å²) in [6.45, 7) is 6.68. The Morgan fingerprint density at radius 1 is 1.12 bits per heavy atom. The number of fused-ring (bicyclic) bond motifs is 1. The van der Waals surface area contributed by atoms with Crippen molar-refractivity contribution in [2.45, 2.75) is 45.7 Å². The van der Waals surface area contributed by atoms with E-state index in [-0.39, 0.29) is 5.91 Å². The summed E-state index contributed by atoms with van der Waals surface area (Å²) in [5.74, 6) is 1.68. The van der Waals surface area contributed by atoms with Crippen LogP contribution in [0, 0.1) is 5.92 Å². The van der Waals surface area contributed by atoms with Crippen LogP contribution in [-0.2, 0) is 24.3 Å². The molecule has 1 N–H and O–H groups in total. The van der Waals surface area contributed by atoms with E-state index in [1.807, 2.05) is 6.07 Å². The number of aryl methyl sites for hydroxylation is 1. The first-order valence-corrected chi connectivity index (χ1v) is 11.8. The molecule has 5 heteroatoms. The van der Waals surface area contributed by atoms with Gasteiger partial charge in [0.15, 0.2) is 0 Å². The van der Waals surface area contributed by atoms with Crippen LogP contribution < -0.4 is 10.1 Å². The van der Waals surface area contributed by atoms with Gasteiger partial charge in [0.1, 0.15) is 5.75 Å². The number of amides is 1. The molecule has 2 heterocycles. The maximum atomic E-state index is 11.3. The Bertz CT molecular complexity index is 1020. The fourth-order valence-corrected chi connectivity index (χ4v) is 4.83. The SMILES string of the molecule is COc1ccc2c(CCNC(C)=O)cn(CCC3CCN(Cc4ccccc4)CC3)c2c1. The highest BCUT2D eigenvalue weighted by Crippen LogP contribution is 2.28. The van der Waals surface area contributed by atoms with Crippen molar-refractivity contribution < 1.29 is 9.53 Å². The van der Waals surface area contributed by atoms with Gasteiger partial charge in [0.05, 0.1) is 12.6 Å². The first kappa shape index (κ1) is 22.4. The molecule has 0 radical (unpaired) electrons. The summed E-state index contributed by atoms with van der Waals surface area (Å²) >= 11 is 0. The number of piperidine rings is 1. The number of hydrogen-bond acceptors (Lipinski definition) is 3. The van der Waals surface area contributed by atoms with Crippen molar-refractivity contribution in [1.82, 2.24) is 14.8 Å². The third-order valence-electron chi connectivity index (χ3n) is 6.67. The minimum Gasteiger partial charge on any atom is -0.497 e. The van der Waals surface area contributed by atoms with E-state index in [1.54, 1.807) is 14.0 Å². The molecule has 0 spiro atoms. The van der Waals surface area contributed by atoms with Gasteiger partial charge in [-0.1, -0.05) is 30.3 Å². The molecule has 1 aliphatic heterocycles. The number of rotatable bonds is 9. The van der Waals surface area contributed by atoms with Crippen molar-refractivity contribution >= 4 is 16.8 Å². The predicted molar refractivity (Wildman–Crippen MR) is 130 cm³/mol. The molecule has 0 saturated carbocycles. The molecular weight excluding hydrogens is 398 g/mol. The Kier molecular flexibility index (Phi) is 7.48. The molecule has 1 fully saturated rings. The van der Waals surface area contributed by atoms with Crippen molar-refractivity contribution in [2.75, 3.05) is 26.7 Å². The van der Waals surface area contributed by atoms with E-state index < -0.39 is 0 Å². The Hall–Kier alpha value is -2.79. The number of nitrogens with one attached hydrogen (secondary N) is 1. The number of methoxy groups -OCH3 is 1. The molecule has 170 valence electrons. The number of nitrogens with zero attached hydrogens (tertiary/aromatic N) is 2. The highest BCUT2D eigenvalue weighted by Gasteiger charge is 2.20. The molecule has 2 aromatic carbocycles. The molecule has 1 amide bonds. The van der Waals surface area contributed by atoms with Gasteiger partial charge in [0.2, 0.25) is 5.91 Å². The molecule has 3 aromatic rings. The molecule has 1 aliphatic rings. The quantitative estimate of drug-likeness (QED) is 0.535. The molecule has 0 unspecified atom stereocenters. The molecule has 0 bridgehead atoms. The summed E-state index contributed by atoms with van der Waals surface area (Å²) in [6, 6.07) is 17.1. The second-order valence-corrected chi connectivity index (χ2v) is 8.96. The summed E-state index contributed by atoms with van der Waals surface area (Å²) in [5.41, 5.74) is 3.92. The summed E-state index contributed by atoms with van der Waals surface area (Å²) in [4.78, 5) is 13.8. The molecular formula is C27H35N3O2. The molecule has 0 atom stereocenters. The second kappa shape index (κ2) is 10.7. The maximum absolute atomic E-state index is 11.3. The molecule has 1 aromatic heterocycles. The third-order valence-corrected chi connectivity index (χ3v) is 6.67. The number of carbonyl (C=O) groups is 1. The van der Waals surface area contributed by atoms with Crippen LogP contribution in [0.5, 0.6) is 5.75 Å². The summed E-state index contributed by atoms with van der Waals surface area (Å²) in [6.07, 6.45) is 6.85. The smallest absolute Gasteiger partial charge is 0.216 e. The second-order valence-electron chi connectivity index (χ2n) is 8.96. The van der Waals surface area contributed by atoms with E-state index in [1.165, 1.54) is 54.4 Å². The standard InChI is InChI=1S/C27H35N3O2/c1-21(31)28-14-10-24-20-30(27-18-25(32-2)8-9-26(24)27)17-13-22-11-15-29(16-12-22)19-23-6-4-3-5-7-23/h3-9,18,20,22H,10-17,19H2,1-2H3,(H,28,31). The van der Waals surface area contributed by atoms with Gasteiger partial charge in [-0.3, -0.25) is 9.69 Å². The van der Waals surface area contributed by atoms with Crippen molar-refractivity contribution in [1.29, 1.82) is 0 Å². The monoisotopic (exact) mass is 433 g/mol. The average Bonchev–Trinajstić information content (AvgIpc) is 3.16. The Labute approximate surface area is 191 Å². The minimum absolute atomic E-state index is 0.0222. The Morgan fingerprint density at radius 2 is 1.91 bits per heavy atom. The zero-order valence-corrected chi connectivity index (χ0v) is 19.3. The molecule has 32 heavy (non-hydrogen) atoms. The highest BCUT2D eigenvalue weighted by atomic mass is 16.5. The van der Waals surface area contributed by atoms with E-state index in [0.29, 0.717) is 6.54 Å². The number of benzene rings is 2. The van der Waals surface area contributed by atoms with E-state index in [4.69, 9.17) is 4.74 Å². The van der Waals surface area contributed by atoms with Gasteiger partial charge >= 0.3 is 0 Å². The number of aromatic nitrogens is 1. The van der Waals surface area contributed by atoms with Crippen LogP contribution in [0.1, 0.15) is 37.3 Å². The number of ether oxygens (including phenoxy) is 1. The van der Waals surface area contributed by atoms with Crippen LogP contribution in [0.3, 0.4) is 0 Å². The van der Waals surface area contributed by atoms with Gasteiger partial charge in [0, 0.05) is 44.2 Å². The minimum atomic E-state index is 0.0222. The van der Waals surface area contributed by atoms with Gasteiger partial charge in [-0.05, 0) is 68.0 Å². The Morgan fingerprint density at radius 3 is 2.62 bits per heavy atom. The van der Waals surface area contributed by atoms with Gasteiger partial charge < -0.3 is 14.6 Å². The maximum Gasteiger partial charge on any atom is 0.216 e. The van der Waals surface area contributed by atoms with E-state index in [9.17, 15) is 4.79 Å². The predicted octanol–water partition coefficient (Wildman–Crippen LogP) is 4.63. The van der Waals surface area contributed by atoms with Crippen LogP contribution in [0.4, 0.5) is 0 Å². The summed E-state index contributed by atoms with van der Waals surface area (Å²) in [7, 11) is 1.72. The van der Waals surface area contributed by atoms with E-state index in [0.717, 1.165) is 31.2 Å². The lowest BCUT2D eigenvalue weighted by Gasteiger charge is -2.32. The van der Waals surface area contributed by atoms with Gasteiger partial charge in [-0.2, -0.15) is 0 Å². The fraction of sp³-hybridized carbons (Fsp3) is 0.444. The summed E-state index contributed by atoms with van der Waals surface area (Å²) in [5, 5.41) is 4.18. The first-order chi connectivity index (χ1) is 15.6. The average molecular weight is 434 g/mol. The van der Waals surface area contributed by atoms with Crippen molar-refractivity contribution in [2.24, 2.45) is 5.92 Å². The molecule has 1 saturated heterocycles. The molecule has 5 nitrogen and oxygen atoms in total. The van der Waals surface area contributed by atoms with Crippen molar-refractivity contribution in [3.05, 3.63) is 65.9 Å². The van der Waals surface area contributed by atoms with Crippen LogP contribution in [0.2, 0.25) is 0 Å². The van der Waals surface area contributed by atoms with Crippen LogP contribution >= 0.6 is 0 Å². The highest BCUT2D eigenvalue weighted by molar-refractivity contribution is 5.85. The zero-order valence-electron chi connectivity index (χ0n) is 19.3. The normalized spacial score (nSPS) is 15.2. The molecule has 4 rings (SSSR count). The van der Waals surface area contributed by atoms with E-state index >= 15 is 0 Å². The number of likely N-dealkylation sites (tertiary alicyclic amines) is 1.